The predicted molar refractivity (Wildman–Crippen MR) is 94.7 cm³/mol. The van der Waals surface area contributed by atoms with Crippen LogP contribution in [0.25, 0.3) is 10.8 Å². The van der Waals surface area contributed by atoms with Crippen LogP contribution in [0.15, 0.2) is 54.6 Å². The minimum Gasteiger partial charge on any atom is -0.143 e. The molecule has 0 radical (unpaired) electrons. The summed E-state index contributed by atoms with van der Waals surface area (Å²) in [5, 5.41) is 2.40. The maximum atomic E-state index is 6.78. The molecule has 108 valence electrons. The second-order valence-electron chi connectivity index (χ2n) is 6.38. The molecule has 0 saturated carbocycles. The van der Waals surface area contributed by atoms with E-state index in [1.165, 1.54) is 26.1 Å². The van der Waals surface area contributed by atoms with Gasteiger partial charge in [0, 0.05) is 9.75 Å². The number of benzene rings is 2. The van der Waals surface area contributed by atoms with Gasteiger partial charge in [-0.15, -0.1) is 22.9 Å². The van der Waals surface area contributed by atoms with Gasteiger partial charge in [-0.3, -0.25) is 0 Å². The molecule has 3 rings (SSSR count). The Hall–Kier alpha value is -1.31. The highest BCUT2D eigenvalue weighted by Gasteiger charge is 2.20. The third-order valence-electron chi connectivity index (χ3n) is 3.71. The van der Waals surface area contributed by atoms with Crippen molar-refractivity contribution >= 4 is 33.7 Å². The fourth-order valence-corrected chi connectivity index (χ4v) is 3.98. The lowest BCUT2D eigenvalue weighted by molar-refractivity contribution is 0.604. The first-order chi connectivity index (χ1) is 9.97. The van der Waals surface area contributed by atoms with Gasteiger partial charge in [-0.2, -0.15) is 0 Å². The summed E-state index contributed by atoms with van der Waals surface area (Å²) >= 11 is 8.60. The standard InChI is InChI=1S/C19H19ClS/c1-19(2,3)17-12-11-16(21-17)18(20)15-10-6-8-13-7-4-5-9-14(13)15/h4-12,18H,1-3H3. The van der Waals surface area contributed by atoms with Crippen LogP contribution in [-0.4, -0.2) is 0 Å². The van der Waals surface area contributed by atoms with E-state index in [2.05, 4.69) is 75.4 Å². The predicted octanol–water partition coefficient (Wildman–Crippen LogP) is 6.53. The Morgan fingerprint density at radius 1 is 0.905 bits per heavy atom. The molecule has 2 heteroatoms. The number of rotatable bonds is 2. The van der Waals surface area contributed by atoms with Crippen LogP contribution < -0.4 is 0 Å². The minimum absolute atomic E-state index is 0.0859. The molecule has 0 aliphatic rings. The van der Waals surface area contributed by atoms with Crippen molar-refractivity contribution in [2.75, 3.05) is 0 Å². The van der Waals surface area contributed by atoms with E-state index in [0.717, 1.165) is 0 Å². The summed E-state index contributed by atoms with van der Waals surface area (Å²) in [5.74, 6) is 0. The Labute approximate surface area is 135 Å². The van der Waals surface area contributed by atoms with Crippen LogP contribution in [0.1, 0.15) is 41.5 Å². The van der Waals surface area contributed by atoms with Crippen molar-refractivity contribution in [2.45, 2.75) is 31.6 Å². The van der Waals surface area contributed by atoms with Gasteiger partial charge in [0.15, 0.2) is 0 Å². The number of hydrogen-bond acceptors (Lipinski definition) is 1. The van der Waals surface area contributed by atoms with E-state index in [4.69, 9.17) is 11.6 Å². The summed E-state index contributed by atoms with van der Waals surface area (Å²) in [4.78, 5) is 2.60. The molecule has 0 bridgehead atoms. The SMILES string of the molecule is CC(C)(C)c1ccc(C(Cl)c2cccc3ccccc23)s1. The molecule has 0 fully saturated rings. The molecule has 3 aromatic rings. The van der Waals surface area contributed by atoms with Crippen LogP contribution in [0.2, 0.25) is 0 Å². The van der Waals surface area contributed by atoms with E-state index in [-0.39, 0.29) is 10.8 Å². The van der Waals surface area contributed by atoms with Gasteiger partial charge in [-0.1, -0.05) is 63.2 Å². The number of hydrogen-bond donors (Lipinski definition) is 0. The van der Waals surface area contributed by atoms with Gasteiger partial charge in [0.2, 0.25) is 0 Å². The van der Waals surface area contributed by atoms with E-state index < -0.39 is 0 Å². The summed E-state index contributed by atoms with van der Waals surface area (Å²) in [6.07, 6.45) is 0. The van der Waals surface area contributed by atoms with Gasteiger partial charge in [-0.05, 0) is 33.9 Å². The van der Waals surface area contributed by atoms with Crippen molar-refractivity contribution in [2.24, 2.45) is 0 Å². The first-order valence-electron chi connectivity index (χ1n) is 7.19. The molecule has 0 aliphatic heterocycles. The first-order valence-corrected chi connectivity index (χ1v) is 8.44. The van der Waals surface area contributed by atoms with Crippen molar-refractivity contribution in [1.82, 2.24) is 0 Å². The fourth-order valence-electron chi connectivity index (χ4n) is 2.52. The summed E-state index contributed by atoms with van der Waals surface area (Å²) in [6, 6.07) is 19.2. The van der Waals surface area contributed by atoms with Crippen LogP contribution in [0.4, 0.5) is 0 Å². The highest BCUT2D eigenvalue weighted by atomic mass is 35.5. The molecule has 0 aliphatic carbocycles. The molecule has 0 N–H and O–H groups in total. The van der Waals surface area contributed by atoms with Gasteiger partial charge in [0.25, 0.3) is 0 Å². The third-order valence-corrected chi connectivity index (χ3v) is 5.89. The molecule has 0 nitrogen and oxygen atoms in total. The van der Waals surface area contributed by atoms with Crippen molar-refractivity contribution in [3.63, 3.8) is 0 Å². The number of halogens is 1. The fraction of sp³-hybridized carbons (Fsp3) is 0.263. The molecule has 1 unspecified atom stereocenters. The van der Waals surface area contributed by atoms with Gasteiger partial charge in [-0.25, -0.2) is 0 Å². The zero-order valence-corrected chi connectivity index (χ0v) is 14.1. The van der Waals surface area contributed by atoms with Gasteiger partial charge >= 0.3 is 0 Å². The van der Waals surface area contributed by atoms with E-state index >= 15 is 0 Å². The van der Waals surface area contributed by atoms with Crippen molar-refractivity contribution < 1.29 is 0 Å². The molecule has 21 heavy (non-hydrogen) atoms. The highest BCUT2D eigenvalue weighted by Crippen LogP contribution is 2.39. The monoisotopic (exact) mass is 314 g/mol. The Balaban J connectivity index is 2.05. The van der Waals surface area contributed by atoms with E-state index in [1.807, 2.05) is 11.3 Å². The number of alkyl halides is 1. The van der Waals surface area contributed by atoms with Gasteiger partial charge in [0.1, 0.15) is 0 Å². The zero-order valence-electron chi connectivity index (χ0n) is 12.6. The molecule has 1 aromatic heterocycles. The van der Waals surface area contributed by atoms with Crippen molar-refractivity contribution in [3.8, 4) is 0 Å². The summed E-state index contributed by atoms with van der Waals surface area (Å²) in [7, 11) is 0. The Morgan fingerprint density at radius 3 is 2.33 bits per heavy atom. The lowest BCUT2D eigenvalue weighted by atomic mass is 9.95. The molecule has 2 aromatic carbocycles. The molecular formula is C19H19ClS. The molecular weight excluding hydrogens is 296 g/mol. The Morgan fingerprint density at radius 2 is 1.62 bits per heavy atom. The van der Waals surface area contributed by atoms with Crippen LogP contribution in [0, 0.1) is 0 Å². The number of thiophene rings is 1. The summed E-state index contributed by atoms with van der Waals surface area (Å²) in [5.41, 5.74) is 1.37. The summed E-state index contributed by atoms with van der Waals surface area (Å²) < 4.78 is 0. The van der Waals surface area contributed by atoms with Crippen LogP contribution >= 0.6 is 22.9 Å². The van der Waals surface area contributed by atoms with E-state index in [1.54, 1.807) is 0 Å². The average Bonchev–Trinajstić information content (AvgIpc) is 2.96. The van der Waals surface area contributed by atoms with Crippen LogP contribution in [0.3, 0.4) is 0 Å². The quantitative estimate of drug-likeness (QED) is 0.472. The lowest BCUT2D eigenvalue weighted by Crippen LogP contribution is -2.07. The summed E-state index contributed by atoms with van der Waals surface area (Å²) in [6.45, 7) is 6.72. The van der Waals surface area contributed by atoms with Crippen LogP contribution in [-0.2, 0) is 5.41 Å². The molecule has 1 heterocycles. The Bertz CT molecular complexity index is 759. The van der Waals surface area contributed by atoms with E-state index in [9.17, 15) is 0 Å². The minimum atomic E-state index is -0.0859. The second-order valence-corrected chi connectivity index (χ2v) is 7.93. The van der Waals surface area contributed by atoms with Crippen LogP contribution in [0.5, 0.6) is 0 Å². The first kappa shape index (κ1) is 14.6. The largest absolute Gasteiger partial charge is 0.143 e. The zero-order chi connectivity index (χ0) is 15.0. The van der Waals surface area contributed by atoms with Crippen molar-refractivity contribution in [1.29, 1.82) is 0 Å². The van der Waals surface area contributed by atoms with Gasteiger partial charge in [0.05, 0.1) is 5.38 Å². The maximum absolute atomic E-state index is 6.78. The molecule has 0 saturated heterocycles. The Kier molecular flexibility index (Phi) is 3.81. The number of fused-ring (bicyclic) bond motifs is 1. The normalized spacial score (nSPS) is 13.5. The van der Waals surface area contributed by atoms with Gasteiger partial charge < -0.3 is 0 Å². The van der Waals surface area contributed by atoms with E-state index in [0.29, 0.717) is 0 Å². The molecule has 0 amide bonds. The molecule has 0 spiro atoms. The second kappa shape index (κ2) is 5.47. The van der Waals surface area contributed by atoms with Crippen molar-refractivity contribution in [3.05, 3.63) is 69.9 Å². The third kappa shape index (κ3) is 2.86. The molecule has 1 atom stereocenters. The lowest BCUT2D eigenvalue weighted by Gasteiger charge is -2.16. The average molecular weight is 315 g/mol. The topological polar surface area (TPSA) is 0 Å². The highest BCUT2D eigenvalue weighted by molar-refractivity contribution is 7.12. The smallest absolute Gasteiger partial charge is 0.0933 e. The maximum Gasteiger partial charge on any atom is 0.0933 e.